The van der Waals surface area contributed by atoms with E-state index in [1.54, 1.807) is 17.5 Å². The molecule has 13 heavy (non-hydrogen) atoms. The highest BCUT2D eigenvalue weighted by atomic mass is 32.1. The monoisotopic (exact) mass is 198 g/mol. The van der Waals surface area contributed by atoms with Crippen LogP contribution in [0.5, 0.6) is 5.06 Å². The molecule has 1 aliphatic rings. The molecule has 0 aliphatic heterocycles. The number of aryl methyl sites for hydroxylation is 1. The molecular weight excluding hydrogens is 184 g/mol. The molecule has 1 N–H and O–H groups in total. The molecule has 4 heteroatoms. The third kappa shape index (κ3) is 2.19. The van der Waals surface area contributed by atoms with E-state index < -0.39 is 0 Å². The zero-order chi connectivity index (χ0) is 9.26. The number of hydrogen-bond acceptors (Lipinski definition) is 4. The molecule has 0 bridgehead atoms. The van der Waals surface area contributed by atoms with E-state index in [4.69, 9.17) is 4.84 Å². The first-order valence-electron chi connectivity index (χ1n) is 4.59. The van der Waals surface area contributed by atoms with Crippen molar-refractivity contribution in [3.8, 4) is 5.06 Å². The molecule has 72 valence electrons. The molecule has 0 unspecified atom stereocenters. The van der Waals surface area contributed by atoms with E-state index in [-0.39, 0.29) is 0 Å². The van der Waals surface area contributed by atoms with E-state index in [0.717, 1.165) is 16.0 Å². The van der Waals surface area contributed by atoms with Crippen LogP contribution in [0.4, 0.5) is 0 Å². The van der Waals surface area contributed by atoms with E-state index in [2.05, 4.69) is 17.4 Å². The Morgan fingerprint density at radius 2 is 2.38 bits per heavy atom. The van der Waals surface area contributed by atoms with Crippen LogP contribution in [0.3, 0.4) is 0 Å². The highest BCUT2D eigenvalue weighted by Gasteiger charge is 2.25. The third-order valence-corrected chi connectivity index (χ3v) is 3.09. The van der Waals surface area contributed by atoms with Crippen molar-refractivity contribution in [2.75, 3.05) is 0 Å². The van der Waals surface area contributed by atoms with Crippen LogP contribution >= 0.6 is 11.3 Å². The maximum absolute atomic E-state index is 5.39. The van der Waals surface area contributed by atoms with Gasteiger partial charge in [0.1, 0.15) is 0 Å². The number of hydroxylamine groups is 1. The van der Waals surface area contributed by atoms with Gasteiger partial charge in [0, 0.05) is 6.04 Å². The molecule has 2 rings (SSSR count). The Labute approximate surface area is 82.1 Å². The van der Waals surface area contributed by atoms with Gasteiger partial charge in [0.25, 0.3) is 0 Å². The van der Waals surface area contributed by atoms with Gasteiger partial charge in [0.05, 0.1) is 11.2 Å². The van der Waals surface area contributed by atoms with Crippen molar-refractivity contribution in [2.45, 2.75) is 32.7 Å². The molecule has 1 fully saturated rings. The van der Waals surface area contributed by atoms with Gasteiger partial charge in [0.15, 0.2) is 0 Å². The highest BCUT2D eigenvalue weighted by molar-refractivity contribution is 7.13. The summed E-state index contributed by atoms with van der Waals surface area (Å²) >= 11 is 1.57. The number of aromatic nitrogens is 1. The zero-order valence-electron chi connectivity index (χ0n) is 7.91. The summed E-state index contributed by atoms with van der Waals surface area (Å²) < 4.78 is 0. The number of rotatable bonds is 3. The van der Waals surface area contributed by atoms with Gasteiger partial charge in [-0.25, -0.2) is 4.98 Å². The predicted molar refractivity (Wildman–Crippen MR) is 52.8 cm³/mol. The molecule has 1 saturated carbocycles. The van der Waals surface area contributed by atoms with Gasteiger partial charge >= 0.3 is 0 Å². The molecule has 0 saturated heterocycles. The normalized spacial score (nSPS) is 26.9. The molecule has 0 radical (unpaired) electrons. The number of thiazole rings is 1. The third-order valence-electron chi connectivity index (χ3n) is 2.30. The SMILES string of the molecule is Cc1ncc(ONC2CC(C)C2)s1. The van der Waals surface area contributed by atoms with Gasteiger partial charge < -0.3 is 4.84 Å². The lowest BCUT2D eigenvalue weighted by atomic mass is 9.82. The summed E-state index contributed by atoms with van der Waals surface area (Å²) in [6, 6.07) is 0.539. The first-order valence-corrected chi connectivity index (χ1v) is 5.40. The van der Waals surface area contributed by atoms with E-state index >= 15 is 0 Å². The number of nitrogens with one attached hydrogen (secondary N) is 1. The predicted octanol–water partition coefficient (Wildman–Crippen LogP) is 2.13. The minimum absolute atomic E-state index is 0.539. The molecule has 3 nitrogen and oxygen atoms in total. The van der Waals surface area contributed by atoms with Gasteiger partial charge in [-0.15, -0.1) is 0 Å². The van der Waals surface area contributed by atoms with Gasteiger partial charge in [-0.1, -0.05) is 18.3 Å². The average molecular weight is 198 g/mol. The molecule has 0 spiro atoms. The Kier molecular flexibility index (Phi) is 2.51. The topological polar surface area (TPSA) is 34.1 Å². The Morgan fingerprint density at radius 3 is 2.92 bits per heavy atom. The summed E-state index contributed by atoms with van der Waals surface area (Å²) in [7, 11) is 0. The fourth-order valence-corrected chi connectivity index (χ4v) is 2.12. The van der Waals surface area contributed by atoms with Crippen LogP contribution in [-0.2, 0) is 0 Å². The van der Waals surface area contributed by atoms with Crippen LogP contribution in [0.1, 0.15) is 24.8 Å². The van der Waals surface area contributed by atoms with Crippen LogP contribution in [0.2, 0.25) is 0 Å². The summed E-state index contributed by atoms with van der Waals surface area (Å²) in [5.74, 6) is 0.851. The molecular formula is C9H14N2OS. The lowest BCUT2D eigenvalue weighted by molar-refractivity contribution is 0.0893. The lowest BCUT2D eigenvalue weighted by Crippen LogP contribution is -2.41. The van der Waals surface area contributed by atoms with Gasteiger partial charge in [-0.3, -0.25) is 0 Å². The van der Waals surface area contributed by atoms with Gasteiger partial charge in [-0.2, -0.15) is 5.48 Å². The minimum Gasteiger partial charge on any atom is -0.396 e. The van der Waals surface area contributed by atoms with Crippen LogP contribution in [0.15, 0.2) is 6.20 Å². The van der Waals surface area contributed by atoms with Crippen molar-refractivity contribution in [3.05, 3.63) is 11.2 Å². The molecule has 0 atom stereocenters. The first kappa shape index (κ1) is 8.97. The molecule has 1 aliphatic carbocycles. The van der Waals surface area contributed by atoms with Crippen molar-refractivity contribution in [2.24, 2.45) is 5.92 Å². The molecule has 1 aromatic rings. The second kappa shape index (κ2) is 3.64. The Morgan fingerprint density at radius 1 is 1.62 bits per heavy atom. The number of hydrogen-bond donors (Lipinski definition) is 1. The van der Waals surface area contributed by atoms with Gasteiger partial charge in [-0.05, 0) is 25.7 Å². The van der Waals surface area contributed by atoms with E-state index in [1.807, 2.05) is 6.92 Å². The second-order valence-electron chi connectivity index (χ2n) is 3.69. The summed E-state index contributed by atoms with van der Waals surface area (Å²) in [5.41, 5.74) is 3.05. The summed E-state index contributed by atoms with van der Waals surface area (Å²) in [6.45, 7) is 4.23. The van der Waals surface area contributed by atoms with Crippen molar-refractivity contribution in [3.63, 3.8) is 0 Å². The molecule has 1 heterocycles. The van der Waals surface area contributed by atoms with Crippen LogP contribution < -0.4 is 10.3 Å². The minimum atomic E-state index is 0.539. The largest absolute Gasteiger partial charge is 0.396 e. The van der Waals surface area contributed by atoms with E-state index in [9.17, 15) is 0 Å². The quantitative estimate of drug-likeness (QED) is 0.755. The average Bonchev–Trinajstić information content (AvgIpc) is 2.43. The standard InChI is InChI=1S/C9H14N2OS/c1-6-3-8(4-6)11-12-9-5-10-7(2)13-9/h5-6,8,11H,3-4H2,1-2H3. The van der Waals surface area contributed by atoms with Gasteiger partial charge in [0.2, 0.25) is 5.06 Å². The summed E-state index contributed by atoms with van der Waals surface area (Å²) in [5, 5.41) is 1.90. The van der Waals surface area contributed by atoms with Crippen LogP contribution in [0, 0.1) is 12.8 Å². The van der Waals surface area contributed by atoms with Crippen molar-refractivity contribution in [1.82, 2.24) is 10.5 Å². The first-order chi connectivity index (χ1) is 6.24. The molecule has 0 aromatic carbocycles. The van der Waals surface area contributed by atoms with Crippen molar-refractivity contribution in [1.29, 1.82) is 0 Å². The molecule has 0 amide bonds. The molecule has 1 aromatic heterocycles. The van der Waals surface area contributed by atoms with Crippen molar-refractivity contribution >= 4 is 11.3 Å². The summed E-state index contributed by atoms with van der Waals surface area (Å²) in [6.07, 6.45) is 4.20. The highest BCUT2D eigenvalue weighted by Crippen LogP contribution is 2.27. The number of nitrogens with zero attached hydrogens (tertiary/aromatic N) is 1. The smallest absolute Gasteiger partial charge is 0.220 e. The fraction of sp³-hybridized carbons (Fsp3) is 0.667. The second-order valence-corrected chi connectivity index (χ2v) is 4.89. The maximum atomic E-state index is 5.39. The van der Waals surface area contributed by atoms with Crippen LogP contribution in [-0.4, -0.2) is 11.0 Å². The van der Waals surface area contributed by atoms with E-state index in [0.29, 0.717) is 6.04 Å². The fourth-order valence-electron chi connectivity index (χ4n) is 1.53. The Balaban J connectivity index is 1.74. The van der Waals surface area contributed by atoms with Crippen LogP contribution in [0.25, 0.3) is 0 Å². The van der Waals surface area contributed by atoms with Crippen molar-refractivity contribution < 1.29 is 4.84 Å². The lowest BCUT2D eigenvalue weighted by Gasteiger charge is -2.32. The maximum Gasteiger partial charge on any atom is 0.220 e. The Bertz CT molecular complexity index is 281. The Hall–Kier alpha value is -0.610. The summed E-state index contributed by atoms with van der Waals surface area (Å²) in [4.78, 5) is 9.49. The zero-order valence-corrected chi connectivity index (χ0v) is 8.73. The van der Waals surface area contributed by atoms with E-state index in [1.165, 1.54) is 12.8 Å².